The molecule has 0 spiro atoms. The molecule has 0 amide bonds. The minimum atomic E-state index is 0.577. The average molecular weight is 669 g/mol. The maximum absolute atomic E-state index is 6.56. The van der Waals surface area contributed by atoms with E-state index in [1.807, 2.05) is 48.5 Å². The van der Waals surface area contributed by atoms with Crippen molar-refractivity contribution in [3.8, 4) is 22.6 Å². The number of hydrogen-bond donors (Lipinski definition) is 0. The second-order valence-electron chi connectivity index (χ2n) is 13.1. The summed E-state index contributed by atoms with van der Waals surface area (Å²) in [6.07, 6.45) is 0. The molecule has 0 aliphatic heterocycles. The summed E-state index contributed by atoms with van der Waals surface area (Å²) in [5.41, 5.74) is 11.1. The Morgan fingerprint density at radius 2 is 1.02 bits per heavy atom. The van der Waals surface area contributed by atoms with E-state index in [0.717, 1.165) is 83.2 Å². The van der Waals surface area contributed by atoms with Gasteiger partial charge >= 0.3 is 0 Å². The topological polar surface area (TPSA) is 55.6 Å². The number of aromatic nitrogens is 1. The van der Waals surface area contributed by atoms with Crippen LogP contribution in [0.25, 0.3) is 88.3 Å². The predicted molar refractivity (Wildman–Crippen MR) is 212 cm³/mol. The highest BCUT2D eigenvalue weighted by Crippen LogP contribution is 2.44. The van der Waals surface area contributed by atoms with Crippen LogP contribution in [0.15, 0.2) is 183 Å². The van der Waals surface area contributed by atoms with Gasteiger partial charge in [0.2, 0.25) is 5.89 Å². The van der Waals surface area contributed by atoms with E-state index in [1.54, 1.807) is 0 Å². The molecular weight excluding hydrogens is 641 g/mol. The lowest BCUT2D eigenvalue weighted by Crippen LogP contribution is -2.09. The summed E-state index contributed by atoms with van der Waals surface area (Å²) in [6, 6.07) is 58.6. The lowest BCUT2D eigenvalue weighted by molar-refractivity contribution is 0.620. The Bertz CT molecular complexity index is 3110. The van der Waals surface area contributed by atoms with Gasteiger partial charge in [0.25, 0.3) is 0 Å². The Morgan fingerprint density at radius 1 is 0.365 bits per heavy atom. The second kappa shape index (κ2) is 11.2. The van der Waals surface area contributed by atoms with Gasteiger partial charge in [-0.05, 0) is 94.7 Å². The lowest BCUT2D eigenvalue weighted by Gasteiger charge is -2.25. The first-order valence-corrected chi connectivity index (χ1v) is 17.4. The molecule has 0 unspecified atom stereocenters. The van der Waals surface area contributed by atoms with Gasteiger partial charge in [0.1, 0.15) is 27.8 Å². The Labute approximate surface area is 297 Å². The van der Waals surface area contributed by atoms with Crippen LogP contribution >= 0.6 is 0 Å². The smallest absolute Gasteiger partial charge is 0.228 e. The number of benzene rings is 8. The standard InChI is InChI=1S/C47H28N2O3/c1-2-13-30(14-3-1)49(32-23-25-36-44(28-32)51-43-22-10-18-37(46(36)43)47-48-39-19-6-7-20-41(39)52-47)31-24-26-40-38(27-31)45-35(17-9-21-42(45)50-40)34-16-8-12-29-11-4-5-15-33(29)34/h1-28H. The SMILES string of the molecule is c1ccc(N(c2ccc3c(c2)oc2cccc(-c4nc5ccccc5o4)c23)c2ccc3oc4cccc(-c5cccc6ccccc56)c4c3c2)cc1. The average Bonchev–Trinajstić information content (AvgIpc) is 3.91. The monoisotopic (exact) mass is 668 g/mol. The van der Waals surface area contributed by atoms with Crippen molar-refractivity contribution in [2.45, 2.75) is 0 Å². The van der Waals surface area contributed by atoms with Crippen LogP contribution in [0.5, 0.6) is 0 Å². The van der Waals surface area contributed by atoms with Gasteiger partial charge in [-0.2, -0.15) is 0 Å². The van der Waals surface area contributed by atoms with E-state index in [4.69, 9.17) is 18.2 Å². The molecule has 52 heavy (non-hydrogen) atoms. The number of fused-ring (bicyclic) bond motifs is 8. The van der Waals surface area contributed by atoms with Crippen LogP contribution in [0.3, 0.4) is 0 Å². The molecule has 8 aromatic carbocycles. The fourth-order valence-corrected chi connectivity index (χ4v) is 7.78. The van der Waals surface area contributed by atoms with Gasteiger partial charge in [-0.25, -0.2) is 4.98 Å². The summed E-state index contributed by atoms with van der Waals surface area (Å²) in [6.45, 7) is 0. The number of hydrogen-bond acceptors (Lipinski definition) is 5. The molecule has 0 radical (unpaired) electrons. The molecule has 0 fully saturated rings. The molecule has 11 rings (SSSR count). The number of anilines is 3. The highest BCUT2D eigenvalue weighted by atomic mass is 16.4. The number of para-hydroxylation sites is 3. The number of furan rings is 2. The summed E-state index contributed by atoms with van der Waals surface area (Å²) in [5, 5.41) is 6.57. The predicted octanol–water partition coefficient (Wildman–Crippen LogP) is 13.6. The van der Waals surface area contributed by atoms with Crippen molar-refractivity contribution >= 4 is 82.8 Å². The highest BCUT2D eigenvalue weighted by Gasteiger charge is 2.21. The first-order chi connectivity index (χ1) is 25.8. The maximum Gasteiger partial charge on any atom is 0.228 e. The molecule has 3 aromatic heterocycles. The molecule has 5 nitrogen and oxygen atoms in total. The minimum Gasteiger partial charge on any atom is -0.456 e. The highest BCUT2D eigenvalue weighted by molar-refractivity contribution is 6.16. The van der Waals surface area contributed by atoms with Crippen LogP contribution in [0.4, 0.5) is 17.1 Å². The zero-order valence-corrected chi connectivity index (χ0v) is 27.8. The van der Waals surface area contributed by atoms with Crippen molar-refractivity contribution in [1.82, 2.24) is 4.98 Å². The van der Waals surface area contributed by atoms with Crippen LogP contribution in [-0.2, 0) is 0 Å². The molecule has 0 aliphatic rings. The van der Waals surface area contributed by atoms with Crippen LogP contribution < -0.4 is 4.90 Å². The van der Waals surface area contributed by atoms with Gasteiger partial charge in [0.05, 0.1) is 0 Å². The molecule has 244 valence electrons. The third-order valence-corrected chi connectivity index (χ3v) is 10.1. The molecule has 11 aromatic rings. The van der Waals surface area contributed by atoms with Crippen LogP contribution in [0.2, 0.25) is 0 Å². The largest absolute Gasteiger partial charge is 0.456 e. The Kier molecular flexibility index (Phi) is 6.18. The summed E-state index contributed by atoms with van der Waals surface area (Å²) >= 11 is 0. The lowest BCUT2D eigenvalue weighted by atomic mass is 9.94. The van der Waals surface area contributed by atoms with Crippen molar-refractivity contribution in [2.75, 3.05) is 4.90 Å². The summed E-state index contributed by atoms with van der Waals surface area (Å²) < 4.78 is 19.2. The van der Waals surface area contributed by atoms with E-state index in [9.17, 15) is 0 Å². The van der Waals surface area contributed by atoms with E-state index in [2.05, 4.69) is 126 Å². The van der Waals surface area contributed by atoms with Crippen molar-refractivity contribution in [3.05, 3.63) is 170 Å². The van der Waals surface area contributed by atoms with E-state index in [-0.39, 0.29) is 0 Å². The minimum absolute atomic E-state index is 0.577. The molecule has 3 heterocycles. The van der Waals surface area contributed by atoms with Crippen molar-refractivity contribution in [3.63, 3.8) is 0 Å². The van der Waals surface area contributed by atoms with Crippen LogP contribution in [-0.4, -0.2) is 4.98 Å². The fraction of sp³-hybridized carbons (Fsp3) is 0. The summed E-state index contributed by atoms with van der Waals surface area (Å²) in [5.74, 6) is 0.577. The summed E-state index contributed by atoms with van der Waals surface area (Å²) in [7, 11) is 0. The van der Waals surface area contributed by atoms with Crippen molar-refractivity contribution in [1.29, 1.82) is 0 Å². The van der Waals surface area contributed by atoms with Gasteiger partial charge in [0, 0.05) is 50.2 Å². The fourth-order valence-electron chi connectivity index (χ4n) is 7.78. The van der Waals surface area contributed by atoms with E-state index < -0.39 is 0 Å². The van der Waals surface area contributed by atoms with E-state index in [1.165, 1.54) is 16.3 Å². The van der Waals surface area contributed by atoms with E-state index >= 15 is 0 Å². The molecule has 0 saturated carbocycles. The quantitative estimate of drug-likeness (QED) is 0.183. The Morgan fingerprint density at radius 3 is 1.90 bits per heavy atom. The van der Waals surface area contributed by atoms with Crippen molar-refractivity contribution in [2.24, 2.45) is 0 Å². The Balaban J connectivity index is 1.10. The molecule has 0 saturated heterocycles. The molecule has 5 heteroatoms. The maximum atomic E-state index is 6.56. The van der Waals surface area contributed by atoms with Gasteiger partial charge in [-0.3, -0.25) is 0 Å². The first kappa shape index (κ1) is 28.7. The van der Waals surface area contributed by atoms with Crippen LogP contribution in [0.1, 0.15) is 0 Å². The van der Waals surface area contributed by atoms with E-state index in [0.29, 0.717) is 5.89 Å². The zero-order chi connectivity index (χ0) is 34.2. The number of rotatable bonds is 5. The summed E-state index contributed by atoms with van der Waals surface area (Å²) in [4.78, 5) is 7.07. The van der Waals surface area contributed by atoms with Gasteiger partial charge in [-0.1, -0.05) is 91.0 Å². The normalized spacial score (nSPS) is 11.8. The molecule has 0 N–H and O–H groups in total. The molecule has 0 bridgehead atoms. The van der Waals surface area contributed by atoms with Gasteiger partial charge < -0.3 is 18.2 Å². The number of nitrogens with zero attached hydrogens (tertiary/aromatic N) is 2. The third kappa shape index (κ3) is 4.39. The third-order valence-electron chi connectivity index (χ3n) is 10.1. The molecular formula is C47H28N2O3. The molecule has 0 aliphatic carbocycles. The molecule has 0 atom stereocenters. The zero-order valence-electron chi connectivity index (χ0n) is 27.8. The van der Waals surface area contributed by atoms with Gasteiger partial charge in [0.15, 0.2) is 5.58 Å². The van der Waals surface area contributed by atoms with Crippen LogP contribution in [0, 0.1) is 0 Å². The first-order valence-electron chi connectivity index (χ1n) is 17.4. The second-order valence-corrected chi connectivity index (χ2v) is 13.1. The number of oxazole rings is 1. The van der Waals surface area contributed by atoms with Crippen molar-refractivity contribution < 1.29 is 13.3 Å². The Hall–Kier alpha value is -7.11. The van der Waals surface area contributed by atoms with Gasteiger partial charge in [-0.15, -0.1) is 0 Å².